The van der Waals surface area contributed by atoms with Crippen LogP contribution in [-0.4, -0.2) is 60.1 Å². The summed E-state index contributed by atoms with van der Waals surface area (Å²) in [6.07, 6.45) is -2.45. The van der Waals surface area contributed by atoms with Crippen LogP contribution in [0.4, 0.5) is 5.69 Å². The van der Waals surface area contributed by atoms with Crippen molar-refractivity contribution in [3.05, 3.63) is 29.8 Å². The molecule has 3 N–H and O–H groups in total. The van der Waals surface area contributed by atoms with Crippen LogP contribution in [-0.2, 0) is 9.47 Å². The zero-order valence-corrected chi connectivity index (χ0v) is 15.1. The Bertz CT molecular complexity index is 457. The van der Waals surface area contributed by atoms with Crippen molar-refractivity contribution in [2.45, 2.75) is 45.7 Å². The molecule has 0 saturated carbocycles. The van der Waals surface area contributed by atoms with Gasteiger partial charge in [0.05, 0.1) is 6.61 Å². The molecular weight excluding hydrogens is 310 g/mol. The van der Waals surface area contributed by atoms with Gasteiger partial charge in [0.1, 0.15) is 6.10 Å². The zero-order valence-electron chi connectivity index (χ0n) is 15.1. The van der Waals surface area contributed by atoms with E-state index in [-0.39, 0.29) is 0 Å². The number of ether oxygens (including phenoxy) is 2. The van der Waals surface area contributed by atoms with Gasteiger partial charge in [-0.2, -0.15) is 0 Å². The summed E-state index contributed by atoms with van der Waals surface area (Å²) >= 11 is 0. The molecule has 0 aromatic heterocycles. The van der Waals surface area contributed by atoms with Gasteiger partial charge in [0, 0.05) is 32.0 Å². The predicted octanol–water partition coefficient (Wildman–Crippen LogP) is 1.69. The van der Waals surface area contributed by atoms with Crippen LogP contribution in [0.25, 0.3) is 0 Å². The molecule has 1 rings (SSSR count). The number of anilines is 1. The van der Waals surface area contributed by atoms with Crippen LogP contribution >= 0.6 is 0 Å². The topological polar surface area (TPSA) is 82.4 Å². The molecule has 0 radical (unpaired) electrons. The SMILES string of the molecule is CCOC(OCC)[C@](O)(CO)[C@@H](O)c1ccc(N(CC)CC)cc1. The molecule has 0 aliphatic carbocycles. The monoisotopic (exact) mass is 341 g/mol. The Balaban J connectivity index is 3.04. The number of hydrogen-bond donors (Lipinski definition) is 3. The van der Waals surface area contributed by atoms with E-state index in [4.69, 9.17) is 9.47 Å². The van der Waals surface area contributed by atoms with E-state index in [1.807, 2.05) is 12.1 Å². The van der Waals surface area contributed by atoms with Crippen molar-refractivity contribution >= 4 is 5.69 Å². The fraction of sp³-hybridized carbons (Fsp3) is 0.667. The molecule has 24 heavy (non-hydrogen) atoms. The largest absolute Gasteiger partial charge is 0.393 e. The highest BCUT2D eigenvalue weighted by atomic mass is 16.7. The molecule has 0 fully saturated rings. The van der Waals surface area contributed by atoms with E-state index in [9.17, 15) is 15.3 Å². The molecule has 0 aliphatic heterocycles. The molecule has 0 spiro atoms. The quantitative estimate of drug-likeness (QED) is 0.531. The van der Waals surface area contributed by atoms with Crippen LogP contribution in [0.2, 0.25) is 0 Å². The van der Waals surface area contributed by atoms with Gasteiger partial charge in [-0.25, -0.2) is 0 Å². The van der Waals surface area contributed by atoms with Crippen LogP contribution in [0.5, 0.6) is 0 Å². The van der Waals surface area contributed by atoms with Gasteiger partial charge in [-0.15, -0.1) is 0 Å². The summed E-state index contributed by atoms with van der Waals surface area (Å²) in [7, 11) is 0. The fourth-order valence-corrected chi connectivity index (χ4v) is 2.67. The van der Waals surface area contributed by atoms with Crippen LogP contribution < -0.4 is 4.90 Å². The van der Waals surface area contributed by atoms with Crippen LogP contribution in [0.3, 0.4) is 0 Å². The highest BCUT2D eigenvalue weighted by Gasteiger charge is 2.45. The minimum absolute atomic E-state index is 0.292. The van der Waals surface area contributed by atoms with Crippen molar-refractivity contribution in [1.29, 1.82) is 0 Å². The van der Waals surface area contributed by atoms with E-state index in [1.54, 1.807) is 26.0 Å². The molecule has 0 heterocycles. The van der Waals surface area contributed by atoms with Gasteiger partial charge < -0.3 is 29.7 Å². The number of aliphatic hydroxyl groups excluding tert-OH is 2. The average molecular weight is 341 g/mol. The van der Waals surface area contributed by atoms with E-state index in [0.29, 0.717) is 18.8 Å². The second-order valence-corrected chi connectivity index (χ2v) is 5.56. The van der Waals surface area contributed by atoms with E-state index >= 15 is 0 Å². The molecule has 1 aromatic rings. The Morgan fingerprint density at radius 2 is 1.50 bits per heavy atom. The van der Waals surface area contributed by atoms with E-state index < -0.39 is 24.6 Å². The lowest BCUT2D eigenvalue weighted by atomic mass is 9.90. The van der Waals surface area contributed by atoms with E-state index in [0.717, 1.165) is 18.8 Å². The Labute approximate surface area is 144 Å². The van der Waals surface area contributed by atoms with E-state index in [2.05, 4.69) is 18.7 Å². The Hall–Kier alpha value is -1.18. The highest BCUT2D eigenvalue weighted by molar-refractivity contribution is 5.48. The average Bonchev–Trinajstić information content (AvgIpc) is 2.62. The maximum atomic E-state index is 10.8. The molecular formula is C18H31NO5. The van der Waals surface area contributed by atoms with Crippen molar-refractivity contribution in [3.8, 4) is 0 Å². The maximum Gasteiger partial charge on any atom is 0.191 e. The van der Waals surface area contributed by atoms with Gasteiger partial charge in [0.15, 0.2) is 11.9 Å². The Kier molecular flexibility index (Phi) is 8.66. The minimum Gasteiger partial charge on any atom is -0.393 e. The molecule has 0 aliphatic rings. The first-order chi connectivity index (χ1) is 11.5. The summed E-state index contributed by atoms with van der Waals surface area (Å²) in [6, 6.07) is 7.27. The molecule has 0 unspecified atom stereocenters. The van der Waals surface area contributed by atoms with Gasteiger partial charge >= 0.3 is 0 Å². The van der Waals surface area contributed by atoms with Crippen molar-refractivity contribution in [3.63, 3.8) is 0 Å². The zero-order chi connectivity index (χ0) is 18.2. The lowest BCUT2D eigenvalue weighted by molar-refractivity contribution is -0.275. The first-order valence-corrected chi connectivity index (χ1v) is 8.57. The number of benzene rings is 1. The maximum absolute atomic E-state index is 10.8. The summed E-state index contributed by atoms with van der Waals surface area (Å²) in [5, 5.41) is 31.1. The Morgan fingerprint density at radius 1 is 1.00 bits per heavy atom. The summed E-state index contributed by atoms with van der Waals surface area (Å²) in [6.45, 7) is 9.34. The second kappa shape index (κ2) is 9.96. The molecule has 6 nitrogen and oxygen atoms in total. The lowest BCUT2D eigenvalue weighted by Crippen LogP contribution is -2.53. The molecule has 2 atom stereocenters. The molecule has 0 saturated heterocycles. The van der Waals surface area contributed by atoms with Gasteiger partial charge in [-0.1, -0.05) is 12.1 Å². The van der Waals surface area contributed by atoms with Gasteiger partial charge in [0.2, 0.25) is 0 Å². The van der Waals surface area contributed by atoms with E-state index in [1.165, 1.54) is 0 Å². The third kappa shape index (κ3) is 4.68. The first kappa shape index (κ1) is 20.9. The van der Waals surface area contributed by atoms with Crippen LogP contribution in [0.1, 0.15) is 39.4 Å². The summed E-state index contributed by atoms with van der Waals surface area (Å²) in [5.41, 5.74) is -0.413. The van der Waals surface area contributed by atoms with Gasteiger partial charge in [-0.05, 0) is 45.4 Å². The third-order valence-corrected chi connectivity index (χ3v) is 4.11. The van der Waals surface area contributed by atoms with Crippen LogP contribution in [0, 0.1) is 0 Å². The number of rotatable bonds is 11. The molecule has 0 amide bonds. The summed E-state index contributed by atoms with van der Waals surface area (Å²) in [5.74, 6) is 0. The third-order valence-electron chi connectivity index (χ3n) is 4.11. The number of hydrogen-bond acceptors (Lipinski definition) is 6. The van der Waals surface area contributed by atoms with Crippen molar-refractivity contribution in [1.82, 2.24) is 0 Å². The smallest absolute Gasteiger partial charge is 0.191 e. The van der Waals surface area contributed by atoms with Gasteiger partial charge in [-0.3, -0.25) is 0 Å². The van der Waals surface area contributed by atoms with Crippen molar-refractivity contribution in [2.75, 3.05) is 37.8 Å². The van der Waals surface area contributed by atoms with Crippen LogP contribution in [0.15, 0.2) is 24.3 Å². The van der Waals surface area contributed by atoms with Crippen molar-refractivity contribution < 1.29 is 24.8 Å². The molecule has 6 heteroatoms. The summed E-state index contributed by atoms with van der Waals surface area (Å²) < 4.78 is 10.8. The molecule has 138 valence electrons. The minimum atomic E-state index is -1.94. The highest BCUT2D eigenvalue weighted by Crippen LogP contribution is 2.32. The Morgan fingerprint density at radius 3 is 1.88 bits per heavy atom. The summed E-state index contributed by atoms with van der Waals surface area (Å²) in [4.78, 5) is 2.18. The van der Waals surface area contributed by atoms with Crippen molar-refractivity contribution in [2.24, 2.45) is 0 Å². The first-order valence-electron chi connectivity index (χ1n) is 8.57. The normalized spacial score (nSPS) is 15.3. The predicted molar refractivity (Wildman–Crippen MR) is 94.0 cm³/mol. The fourth-order valence-electron chi connectivity index (χ4n) is 2.67. The number of nitrogens with zero attached hydrogens (tertiary/aromatic N) is 1. The molecule has 0 bridgehead atoms. The standard InChI is InChI=1S/C18H31NO5/c1-5-19(6-2)15-11-9-14(10-12-15)16(21)18(22,13-20)17(23-7-3)24-8-4/h9-12,16-17,20-22H,5-8,13H2,1-4H3/t16-,18-/m0/s1. The second-order valence-electron chi connectivity index (χ2n) is 5.56. The number of aliphatic hydroxyl groups is 3. The molecule has 1 aromatic carbocycles. The van der Waals surface area contributed by atoms with Gasteiger partial charge in [0.25, 0.3) is 0 Å². The lowest BCUT2D eigenvalue weighted by Gasteiger charge is -2.37.